The first kappa shape index (κ1) is 27.0. The summed E-state index contributed by atoms with van der Waals surface area (Å²) in [4.78, 5) is 47.9. The lowest BCUT2D eigenvalue weighted by atomic mass is 9.87. The van der Waals surface area contributed by atoms with E-state index in [1.165, 1.54) is 10.9 Å². The third-order valence-corrected chi connectivity index (χ3v) is 8.47. The minimum Gasteiger partial charge on any atom is -0.386 e. The molecule has 2 aromatic rings. The Morgan fingerprint density at radius 1 is 1.21 bits per heavy atom. The van der Waals surface area contributed by atoms with Crippen LogP contribution in [0, 0.1) is 0 Å². The number of aliphatic hydroxyl groups excluding tert-OH is 1. The number of fused-ring (bicyclic) bond motifs is 1. The van der Waals surface area contributed by atoms with Gasteiger partial charge in [0, 0.05) is 0 Å². The van der Waals surface area contributed by atoms with Crippen LogP contribution in [0.5, 0.6) is 0 Å². The lowest BCUT2D eigenvalue weighted by Crippen LogP contribution is -2.50. The average molecular weight is 547 g/mol. The maximum absolute atomic E-state index is 12.1. The number of aliphatic hydroxyl groups is 2. The topological polar surface area (TPSA) is 279 Å². The van der Waals surface area contributed by atoms with E-state index in [-0.39, 0.29) is 17.0 Å². The molecule has 1 aliphatic rings. The number of hydrogen-bond donors (Lipinski definition) is 7. The van der Waals surface area contributed by atoms with Gasteiger partial charge >= 0.3 is 23.5 Å². The van der Waals surface area contributed by atoms with Crippen molar-refractivity contribution < 1.29 is 61.4 Å². The number of phosphoric ester groups is 1. The third-order valence-electron chi connectivity index (χ3n) is 4.69. The van der Waals surface area contributed by atoms with Gasteiger partial charge in [-0.15, -0.1) is 0 Å². The van der Waals surface area contributed by atoms with E-state index < -0.39 is 53.6 Å². The highest BCUT2D eigenvalue weighted by Gasteiger charge is 2.61. The van der Waals surface area contributed by atoms with E-state index in [2.05, 4.69) is 34.7 Å². The Labute approximate surface area is 190 Å². The summed E-state index contributed by atoms with van der Waals surface area (Å²) in [6.45, 7) is 3.57. The fourth-order valence-corrected chi connectivity index (χ4v) is 6.31. The molecule has 0 aliphatic carbocycles. The molecule has 0 amide bonds. The summed E-state index contributed by atoms with van der Waals surface area (Å²) in [5, 5.41) is 21.9. The standard InChI is InChI=1S/C13H20N5O13P3/c1-3-13(20)10(19)12(2,4-28-33(24,25)31-34(26,27)30-32(21,22)23)29-11(13)18-6-17-7-8(14)15-5-16-9(7)18/h3,5-6,10-11,19-20H,1,4H2,2H3,(H,24,25)(H,26,27)(H2,14,15,16)(H2,21,22,23)/t10-,11-,12-,13-/m1/s1. The van der Waals surface area contributed by atoms with Gasteiger partial charge in [-0.1, -0.05) is 12.7 Å². The molecule has 0 aromatic carbocycles. The molecule has 190 valence electrons. The zero-order valence-corrected chi connectivity index (χ0v) is 19.7. The highest BCUT2D eigenvalue weighted by Crippen LogP contribution is 2.66. The van der Waals surface area contributed by atoms with Crippen molar-refractivity contribution in [3.05, 3.63) is 25.3 Å². The molecule has 6 atom stereocenters. The predicted molar refractivity (Wildman–Crippen MR) is 109 cm³/mol. The fraction of sp³-hybridized carbons (Fsp3) is 0.462. The van der Waals surface area contributed by atoms with Gasteiger partial charge in [0.25, 0.3) is 0 Å². The normalized spacial score (nSPS) is 31.3. The number of ether oxygens (including phenoxy) is 1. The average Bonchev–Trinajstić information content (AvgIpc) is 3.19. The minimum absolute atomic E-state index is 0.0138. The summed E-state index contributed by atoms with van der Waals surface area (Å²) in [5.74, 6) is 0.0138. The summed E-state index contributed by atoms with van der Waals surface area (Å²) in [6.07, 6.45) is -0.132. The van der Waals surface area contributed by atoms with Gasteiger partial charge in [0.2, 0.25) is 0 Å². The van der Waals surface area contributed by atoms with E-state index in [0.717, 1.165) is 19.3 Å². The van der Waals surface area contributed by atoms with Crippen LogP contribution in [-0.4, -0.2) is 73.2 Å². The number of imidazole rings is 1. The van der Waals surface area contributed by atoms with Crippen LogP contribution in [-0.2, 0) is 31.6 Å². The van der Waals surface area contributed by atoms with Gasteiger partial charge in [-0.2, -0.15) is 8.62 Å². The quantitative estimate of drug-likeness (QED) is 0.151. The van der Waals surface area contributed by atoms with Gasteiger partial charge in [-0.25, -0.2) is 28.6 Å². The predicted octanol–water partition coefficient (Wildman–Crippen LogP) is -0.683. The lowest BCUT2D eigenvalue weighted by molar-refractivity contribution is -0.115. The van der Waals surface area contributed by atoms with E-state index in [1.807, 2.05) is 0 Å². The minimum atomic E-state index is -5.76. The summed E-state index contributed by atoms with van der Waals surface area (Å²) in [6, 6.07) is 0. The van der Waals surface area contributed by atoms with E-state index in [9.17, 15) is 33.7 Å². The van der Waals surface area contributed by atoms with E-state index in [1.54, 1.807) is 0 Å². The second kappa shape index (κ2) is 8.80. The van der Waals surface area contributed by atoms with Crippen LogP contribution in [0.2, 0.25) is 0 Å². The largest absolute Gasteiger partial charge is 0.490 e. The van der Waals surface area contributed by atoms with Crippen LogP contribution in [0.3, 0.4) is 0 Å². The smallest absolute Gasteiger partial charge is 0.386 e. The Morgan fingerprint density at radius 2 is 1.85 bits per heavy atom. The van der Waals surface area contributed by atoms with Crippen molar-refractivity contribution in [2.75, 3.05) is 12.3 Å². The van der Waals surface area contributed by atoms with Crippen LogP contribution < -0.4 is 5.73 Å². The molecule has 2 aromatic heterocycles. The molecule has 1 fully saturated rings. The van der Waals surface area contributed by atoms with Crippen molar-refractivity contribution in [2.24, 2.45) is 0 Å². The summed E-state index contributed by atoms with van der Waals surface area (Å²) in [5.41, 5.74) is 1.74. The summed E-state index contributed by atoms with van der Waals surface area (Å²) < 4.78 is 53.0. The zero-order chi connectivity index (χ0) is 25.7. The van der Waals surface area contributed by atoms with Crippen molar-refractivity contribution in [1.82, 2.24) is 19.5 Å². The first-order valence-electron chi connectivity index (χ1n) is 8.86. The second-order valence-corrected chi connectivity index (χ2v) is 11.6. The van der Waals surface area contributed by atoms with Gasteiger partial charge in [-0.05, 0) is 6.92 Å². The Balaban J connectivity index is 1.86. The van der Waals surface area contributed by atoms with Gasteiger partial charge in [0.1, 0.15) is 23.5 Å². The van der Waals surface area contributed by atoms with E-state index in [4.69, 9.17) is 20.3 Å². The number of hydrogen-bond acceptors (Lipinski definition) is 13. The monoisotopic (exact) mass is 547 g/mol. The number of rotatable bonds is 9. The fourth-order valence-electron chi connectivity index (χ4n) is 3.20. The first-order chi connectivity index (χ1) is 15.4. The highest BCUT2D eigenvalue weighted by molar-refractivity contribution is 7.66. The summed E-state index contributed by atoms with van der Waals surface area (Å²) >= 11 is 0. The van der Waals surface area contributed by atoms with Crippen molar-refractivity contribution in [2.45, 2.75) is 30.5 Å². The molecular weight excluding hydrogens is 527 g/mol. The van der Waals surface area contributed by atoms with Crippen molar-refractivity contribution in [3.63, 3.8) is 0 Å². The lowest BCUT2D eigenvalue weighted by Gasteiger charge is -2.30. The molecule has 34 heavy (non-hydrogen) atoms. The molecule has 1 aliphatic heterocycles. The highest BCUT2D eigenvalue weighted by atomic mass is 31.3. The number of aromatic nitrogens is 4. The summed E-state index contributed by atoms with van der Waals surface area (Å²) in [7, 11) is -16.9. The van der Waals surface area contributed by atoms with Crippen LogP contribution in [0.1, 0.15) is 13.2 Å². The maximum atomic E-state index is 12.1. The molecule has 1 saturated heterocycles. The number of phosphoric acid groups is 3. The number of anilines is 1. The maximum Gasteiger partial charge on any atom is 0.490 e. The van der Waals surface area contributed by atoms with Gasteiger partial charge in [-0.3, -0.25) is 9.09 Å². The molecular formula is C13H20N5O13P3. The Morgan fingerprint density at radius 3 is 2.44 bits per heavy atom. The molecule has 3 heterocycles. The molecule has 0 bridgehead atoms. The van der Waals surface area contributed by atoms with Gasteiger partial charge in [0.05, 0.1) is 12.9 Å². The molecule has 0 spiro atoms. The molecule has 0 saturated carbocycles. The SMILES string of the molecule is C=C[C@]1(O)[C@H](n2cnc3c(N)ncnc32)O[C@](C)(COP(=O)(O)OP(=O)(O)OP(=O)(O)O)[C@H]1O. The van der Waals surface area contributed by atoms with E-state index in [0.29, 0.717) is 0 Å². The number of nitrogens with two attached hydrogens (primary N) is 1. The molecule has 2 unspecified atom stereocenters. The Kier molecular flexibility index (Phi) is 6.98. The van der Waals surface area contributed by atoms with Gasteiger partial charge in [0.15, 0.2) is 23.3 Å². The van der Waals surface area contributed by atoms with Crippen molar-refractivity contribution >= 4 is 40.4 Å². The second-order valence-electron chi connectivity index (χ2n) is 7.22. The number of nitrogen functional groups attached to an aromatic ring is 1. The zero-order valence-electron chi connectivity index (χ0n) is 17.0. The third kappa shape index (κ3) is 5.29. The van der Waals surface area contributed by atoms with Gasteiger partial charge < -0.3 is 40.3 Å². The van der Waals surface area contributed by atoms with Crippen molar-refractivity contribution in [3.8, 4) is 0 Å². The molecule has 21 heteroatoms. The van der Waals surface area contributed by atoms with E-state index >= 15 is 0 Å². The first-order valence-corrected chi connectivity index (χ1v) is 13.4. The molecule has 0 radical (unpaired) electrons. The Bertz CT molecular complexity index is 1250. The molecule has 8 N–H and O–H groups in total. The van der Waals surface area contributed by atoms with Crippen LogP contribution in [0.4, 0.5) is 5.82 Å². The van der Waals surface area contributed by atoms with Crippen LogP contribution in [0.25, 0.3) is 11.2 Å². The van der Waals surface area contributed by atoms with Crippen LogP contribution in [0.15, 0.2) is 25.3 Å². The Hall–Kier alpha value is -1.62. The molecule has 3 rings (SSSR count). The molecule has 18 nitrogen and oxygen atoms in total. The number of nitrogens with zero attached hydrogens (tertiary/aromatic N) is 4. The van der Waals surface area contributed by atoms with Crippen molar-refractivity contribution in [1.29, 1.82) is 0 Å². The van der Waals surface area contributed by atoms with Crippen LogP contribution >= 0.6 is 23.5 Å².